The lowest BCUT2D eigenvalue weighted by molar-refractivity contribution is 0.186. The monoisotopic (exact) mass is 394 g/mol. The Hall–Kier alpha value is -3.00. The zero-order valence-electron chi connectivity index (χ0n) is 17.1. The van der Waals surface area contributed by atoms with Gasteiger partial charge < -0.3 is 14.5 Å². The van der Waals surface area contributed by atoms with E-state index >= 15 is 0 Å². The van der Waals surface area contributed by atoms with Crippen LogP contribution >= 0.6 is 0 Å². The Labute approximate surface area is 169 Å². The molecule has 152 valence electrons. The van der Waals surface area contributed by atoms with E-state index in [-0.39, 0.29) is 5.56 Å². The van der Waals surface area contributed by atoms with E-state index in [1.807, 2.05) is 38.1 Å². The summed E-state index contributed by atoms with van der Waals surface area (Å²) in [5, 5.41) is 0.634. The molecule has 1 aromatic carbocycles. The summed E-state index contributed by atoms with van der Waals surface area (Å²) >= 11 is 0. The van der Waals surface area contributed by atoms with Crippen molar-refractivity contribution in [3.63, 3.8) is 0 Å². The minimum atomic E-state index is -0.0321. The molecule has 8 nitrogen and oxygen atoms in total. The van der Waals surface area contributed by atoms with Gasteiger partial charge in [0.25, 0.3) is 5.56 Å². The zero-order valence-corrected chi connectivity index (χ0v) is 17.1. The lowest BCUT2D eigenvalue weighted by Gasteiger charge is -2.36. The van der Waals surface area contributed by atoms with Crippen molar-refractivity contribution in [3.8, 4) is 0 Å². The zero-order chi connectivity index (χ0) is 20.4. The molecule has 4 rings (SSSR count). The molecule has 0 unspecified atom stereocenters. The second kappa shape index (κ2) is 8.16. The molecular formula is C21H26N6O2. The molecule has 29 heavy (non-hydrogen) atoms. The Morgan fingerprint density at radius 2 is 1.69 bits per heavy atom. The Morgan fingerprint density at radius 1 is 1.00 bits per heavy atom. The fraction of sp³-hybridized carbons (Fsp3) is 0.429. The third-order valence-corrected chi connectivity index (χ3v) is 5.24. The summed E-state index contributed by atoms with van der Waals surface area (Å²) in [4.78, 5) is 30.8. The first-order valence-electron chi connectivity index (χ1n) is 9.85. The number of hydrogen-bond acceptors (Lipinski definition) is 7. The van der Waals surface area contributed by atoms with Crippen molar-refractivity contribution in [1.82, 2.24) is 19.5 Å². The van der Waals surface area contributed by atoms with Gasteiger partial charge in [-0.2, -0.15) is 0 Å². The largest absolute Gasteiger partial charge is 0.383 e. The molecule has 8 heteroatoms. The van der Waals surface area contributed by atoms with Crippen LogP contribution in [0, 0.1) is 13.8 Å². The van der Waals surface area contributed by atoms with Gasteiger partial charge in [-0.1, -0.05) is 0 Å². The van der Waals surface area contributed by atoms with Gasteiger partial charge in [0.1, 0.15) is 0 Å². The summed E-state index contributed by atoms with van der Waals surface area (Å²) in [5.74, 6) is 0.805. The second-order valence-electron chi connectivity index (χ2n) is 7.36. The molecule has 2 aromatic heterocycles. The van der Waals surface area contributed by atoms with Crippen molar-refractivity contribution in [1.29, 1.82) is 0 Å². The molecule has 0 atom stereocenters. The SMILES string of the molecule is COCCn1cnc2cc(N3CCN(c4nc(C)cc(C)n4)CC3)ccc2c1=O. The van der Waals surface area contributed by atoms with Crippen molar-refractivity contribution >= 4 is 22.5 Å². The van der Waals surface area contributed by atoms with Gasteiger partial charge in [-0.15, -0.1) is 0 Å². The van der Waals surface area contributed by atoms with Crippen LogP contribution in [-0.4, -0.2) is 59.4 Å². The summed E-state index contributed by atoms with van der Waals surface area (Å²) in [6.45, 7) is 8.43. The number of ether oxygens (including phenoxy) is 1. The number of benzene rings is 1. The predicted molar refractivity (Wildman–Crippen MR) is 114 cm³/mol. The van der Waals surface area contributed by atoms with Gasteiger partial charge in [0, 0.05) is 50.4 Å². The molecule has 0 N–H and O–H groups in total. The van der Waals surface area contributed by atoms with Crippen LogP contribution in [0.4, 0.5) is 11.6 Å². The van der Waals surface area contributed by atoms with Gasteiger partial charge in [-0.05, 0) is 38.1 Å². The first kappa shape index (κ1) is 19.3. The second-order valence-corrected chi connectivity index (χ2v) is 7.36. The molecule has 3 aromatic rings. The van der Waals surface area contributed by atoms with Crippen LogP contribution in [0.2, 0.25) is 0 Å². The highest BCUT2D eigenvalue weighted by atomic mass is 16.5. The van der Waals surface area contributed by atoms with Crippen molar-refractivity contribution in [2.45, 2.75) is 20.4 Å². The molecule has 1 fully saturated rings. The third kappa shape index (κ3) is 4.07. The lowest BCUT2D eigenvalue weighted by atomic mass is 10.2. The maximum atomic E-state index is 12.6. The van der Waals surface area contributed by atoms with Crippen LogP contribution in [0.25, 0.3) is 10.9 Å². The highest BCUT2D eigenvalue weighted by Gasteiger charge is 2.20. The topological polar surface area (TPSA) is 76.4 Å². The number of aromatic nitrogens is 4. The van der Waals surface area contributed by atoms with Crippen LogP contribution in [0.15, 0.2) is 35.4 Å². The number of hydrogen-bond donors (Lipinski definition) is 0. The Morgan fingerprint density at radius 3 is 2.38 bits per heavy atom. The predicted octanol–water partition coefficient (Wildman–Crippen LogP) is 1.78. The van der Waals surface area contributed by atoms with Crippen molar-refractivity contribution in [3.05, 3.63) is 52.3 Å². The molecule has 0 radical (unpaired) electrons. The smallest absolute Gasteiger partial charge is 0.261 e. The van der Waals surface area contributed by atoms with Gasteiger partial charge in [-0.3, -0.25) is 9.36 Å². The van der Waals surface area contributed by atoms with Crippen molar-refractivity contribution < 1.29 is 4.74 Å². The van der Waals surface area contributed by atoms with E-state index in [9.17, 15) is 4.79 Å². The van der Waals surface area contributed by atoms with Gasteiger partial charge in [0.15, 0.2) is 0 Å². The Bertz CT molecular complexity index is 1050. The van der Waals surface area contributed by atoms with Gasteiger partial charge in [0.05, 0.1) is 30.4 Å². The number of methoxy groups -OCH3 is 1. The summed E-state index contributed by atoms with van der Waals surface area (Å²) in [5.41, 5.74) is 3.76. The summed E-state index contributed by atoms with van der Waals surface area (Å²) in [6.07, 6.45) is 1.60. The first-order chi connectivity index (χ1) is 14.0. The molecule has 1 aliphatic heterocycles. The highest BCUT2D eigenvalue weighted by molar-refractivity contribution is 5.81. The van der Waals surface area contributed by atoms with E-state index in [1.165, 1.54) is 0 Å². The van der Waals surface area contributed by atoms with Gasteiger partial charge in [0.2, 0.25) is 5.95 Å². The van der Waals surface area contributed by atoms with Crippen LogP contribution in [0.1, 0.15) is 11.4 Å². The fourth-order valence-electron chi connectivity index (χ4n) is 3.71. The minimum absolute atomic E-state index is 0.0321. The summed E-state index contributed by atoms with van der Waals surface area (Å²) < 4.78 is 6.65. The van der Waals surface area contributed by atoms with Gasteiger partial charge >= 0.3 is 0 Å². The average molecular weight is 394 g/mol. The molecule has 0 bridgehead atoms. The molecule has 1 saturated heterocycles. The standard InChI is InChI=1S/C21H26N6O2/c1-15-12-16(2)24-21(23-15)26-8-6-25(7-9-26)17-4-5-18-19(13-17)22-14-27(20(18)28)10-11-29-3/h4-5,12-14H,6-11H2,1-3H3. The maximum absolute atomic E-state index is 12.6. The molecule has 3 heterocycles. The third-order valence-electron chi connectivity index (χ3n) is 5.24. The Balaban J connectivity index is 1.50. The van der Waals surface area contributed by atoms with E-state index < -0.39 is 0 Å². The van der Waals surface area contributed by atoms with Crippen molar-refractivity contribution in [2.75, 3.05) is 49.7 Å². The highest BCUT2D eigenvalue weighted by Crippen LogP contribution is 2.22. The number of piperazine rings is 1. The van der Waals surface area contributed by atoms with Crippen LogP contribution in [0.5, 0.6) is 0 Å². The molecule has 0 amide bonds. The number of aryl methyl sites for hydroxylation is 2. The van der Waals surface area contributed by atoms with E-state index in [4.69, 9.17) is 4.74 Å². The van der Waals surface area contributed by atoms with Crippen molar-refractivity contribution in [2.24, 2.45) is 0 Å². The molecule has 0 saturated carbocycles. The molecule has 0 aliphatic carbocycles. The number of anilines is 2. The van der Waals surface area contributed by atoms with Crippen LogP contribution in [0.3, 0.4) is 0 Å². The normalized spacial score (nSPS) is 14.6. The van der Waals surface area contributed by atoms with Gasteiger partial charge in [-0.25, -0.2) is 15.0 Å². The number of nitrogens with zero attached hydrogens (tertiary/aromatic N) is 6. The lowest BCUT2D eigenvalue weighted by Crippen LogP contribution is -2.47. The Kier molecular flexibility index (Phi) is 5.44. The van der Waals surface area contributed by atoms with E-state index in [0.29, 0.717) is 18.5 Å². The van der Waals surface area contributed by atoms with Crippen LogP contribution in [-0.2, 0) is 11.3 Å². The fourth-order valence-corrected chi connectivity index (χ4v) is 3.71. The average Bonchev–Trinajstić information content (AvgIpc) is 2.72. The molecular weight excluding hydrogens is 368 g/mol. The number of fused-ring (bicyclic) bond motifs is 1. The van der Waals surface area contributed by atoms with E-state index in [1.54, 1.807) is 18.0 Å². The van der Waals surface area contributed by atoms with E-state index in [2.05, 4.69) is 24.8 Å². The van der Waals surface area contributed by atoms with Crippen LogP contribution < -0.4 is 15.4 Å². The summed E-state index contributed by atoms with van der Waals surface area (Å²) in [7, 11) is 1.62. The first-order valence-corrected chi connectivity index (χ1v) is 9.85. The quantitative estimate of drug-likeness (QED) is 0.653. The number of rotatable bonds is 5. The molecule has 1 aliphatic rings. The van der Waals surface area contributed by atoms with E-state index in [0.717, 1.165) is 54.7 Å². The molecule has 0 spiro atoms. The maximum Gasteiger partial charge on any atom is 0.261 e. The minimum Gasteiger partial charge on any atom is -0.383 e. The summed E-state index contributed by atoms with van der Waals surface area (Å²) in [6, 6.07) is 7.88.